The number of hydrogen-bond donors (Lipinski definition) is 2. The molecule has 1 aliphatic heterocycles. The van der Waals surface area contributed by atoms with E-state index in [4.69, 9.17) is 16.3 Å². The molecule has 0 bridgehead atoms. The van der Waals surface area contributed by atoms with Gasteiger partial charge in [0.2, 0.25) is 5.91 Å². The molecule has 164 valence electrons. The summed E-state index contributed by atoms with van der Waals surface area (Å²) < 4.78 is 5.62. The Bertz CT molecular complexity index is 993. The molecule has 0 radical (unpaired) electrons. The number of carbonyl (C=O) groups is 3. The summed E-state index contributed by atoms with van der Waals surface area (Å²) in [5, 5.41) is 5.82. The molecule has 3 rings (SSSR count). The normalized spacial score (nSPS) is 15.9. The Hall–Kier alpha value is -3.06. The Kier molecular flexibility index (Phi) is 7.17. The summed E-state index contributed by atoms with van der Waals surface area (Å²) in [4.78, 5) is 38.4. The second-order valence-corrected chi connectivity index (χ2v) is 8.36. The molecule has 2 N–H and O–H groups in total. The second kappa shape index (κ2) is 9.83. The summed E-state index contributed by atoms with van der Waals surface area (Å²) in [6, 6.07) is 11.0. The van der Waals surface area contributed by atoms with Gasteiger partial charge in [-0.15, -0.1) is 0 Å². The zero-order valence-electron chi connectivity index (χ0n) is 17.8. The van der Waals surface area contributed by atoms with Crippen molar-refractivity contribution in [2.45, 2.75) is 39.7 Å². The van der Waals surface area contributed by atoms with Gasteiger partial charge in [-0.2, -0.15) is 0 Å². The Balaban J connectivity index is 1.54. The highest BCUT2D eigenvalue weighted by molar-refractivity contribution is 6.32. The van der Waals surface area contributed by atoms with Crippen LogP contribution in [0.25, 0.3) is 0 Å². The van der Waals surface area contributed by atoms with E-state index in [2.05, 4.69) is 10.6 Å². The first-order chi connectivity index (χ1) is 14.7. The van der Waals surface area contributed by atoms with Gasteiger partial charge in [-0.25, -0.2) is 9.69 Å². The van der Waals surface area contributed by atoms with Crippen molar-refractivity contribution in [1.29, 1.82) is 0 Å². The van der Waals surface area contributed by atoms with Crippen LogP contribution in [-0.2, 0) is 9.59 Å². The number of amides is 4. The third-order valence-corrected chi connectivity index (χ3v) is 5.02. The summed E-state index contributed by atoms with van der Waals surface area (Å²) in [5.41, 5.74) is 2.00. The highest BCUT2D eigenvalue weighted by atomic mass is 35.5. The van der Waals surface area contributed by atoms with Crippen LogP contribution in [0.1, 0.15) is 32.3 Å². The molecular weight excluding hydrogens is 418 g/mol. The van der Waals surface area contributed by atoms with Gasteiger partial charge in [-0.05, 0) is 55.2 Å². The topological polar surface area (TPSA) is 87.7 Å². The predicted molar refractivity (Wildman–Crippen MR) is 121 cm³/mol. The quantitative estimate of drug-likeness (QED) is 0.587. The molecule has 0 saturated carbocycles. The molecule has 1 heterocycles. The molecule has 2 aromatic rings. The summed E-state index contributed by atoms with van der Waals surface area (Å²) in [6.07, 6.45) is 0.267. The Morgan fingerprint density at radius 3 is 2.68 bits per heavy atom. The Labute approximate surface area is 186 Å². The standard InChI is InChI=1S/C23H26ClN3O4/c1-14(2)13-31-20-9-7-16(12-18(20)24)25-21(28)10-8-19-22(29)27(23(30)26-19)17-6-4-5-15(3)11-17/h4-7,9,11-12,14,19H,8,10,13H2,1-3H3,(H,25,28)(H,26,30)/t19-/m1/s1. The molecule has 7 nitrogen and oxygen atoms in total. The number of ether oxygens (including phenoxy) is 1. The second-order valence-electron chi connectivity index (χ2n) is 7.95. The van der Waals surface area contributed by atoms with Gasteiger partial charge >= 0.3 is 6.03 Å². The summed E-state index contributed by atoms with van der Waals surface area (Å²) in [6.45, 7) is 6.52. The van der Waals surface area contributed by atoms with Crippen molar-refractivity contribution < 1.29 is 19.1 Å². The van der Waals surface area contributed by atoms with E-state index in [0.717, 1.165) is 10.5 Å². The average molecular weight is 444 g/mol. The first-order valence-corrected chi connectivity index (χ1v) is 10.6. The molecule has 0 aliphatic carbocycles. The molecule has 0 aromatic heterocycles. The van der Waals surface area contributed by atoms with Crippen LogP contribution in [0.4, 0.5) is 16.2 Å². The van der Waals surface area contributed by atoms with Crippen LogP contribution < -0.4 is 20.3 Å². The minimum atomic E-state index is -0.742. The van der Waals surface area contributed by atoms with Crippen molar-refractivity contribution in [3.63, 3.8) is 0 Å². The lowest BCUT2D eigenvalue weighted by Gasteiger charge is -2.14. The zero-order chi connectivity index (χ0) is 22.5. The third kappa shape index (κ3) is 5.76. The van der Waals surface area contributed by atoms with Gasteiger partial charge in [-0.1, -0.05) is 37.6 Å². The van der Waals surface area contributed by atoms with Crippen molar-refractivity contribution in [3.8, 4) is 5.75 Å². The van der Waals surface area contributed by atoms with Crippen LogP contribution >= 0.6 is 11.6 Å². The number of aryl methyl sites for hydroxylation is 1. The molecule has 4 amide bonds. The SMILES string of the molecule is Cc1cccc(N2C(=O)N[C@H](CCC(=O)Nc3ccc(OCC(C)C)c(Cl)c3)C2=O)c1. The van der Waals surface area contributed by atoms with Crippen LogP contribution in [0, 0.1) is 12.8 Å². The summed E-state index contributed by atoms with van der Waals surface area (Å²) >= 11 is 6.22. The molecular formula is C23H26ClN3O4. The van der Waals surface area contributed by atoms with Crippen molar-refractivity contribution >= 4 is 40.8 Å². The fraction of sp³-hybridized carbons (Fsp3) is 0.348. The van der Waals surface area contributed by atoms with E-state index in [1.54, 1.807) is 36.4 Å². The highest BCUT2D eigenvalue weighted by Crippen LogP contribution is 2.28. The van der Waals surface area contributed by atoms with E-state index < -0.39 is 12.1 Å². The Morgan fingerprint density at radius 1 is 1.23 bits per heavy atom. The zero-order valence-corrected chi connectivity index (χ0v) is 18.5. The van der Waals surface area contributed by atoms with Gasteiger partial charge in [0.15, 0.2) is 0 Å². The monoisotopic (exact) mass is 443 g/mol. The van der Waals surface area contributed by atoms with Gasteiger partial charge < -0.3 is 15.4 Å². The van der Waals surface area contributed by atoms with Gasteiger partial charge in [0, 0.05) is 12.1 Å². The maximum absolute atomic E-state index is 12.7. The minimum absolute atomic E-state index is 0.0710. The lowest BCUT2D eigenvalue weighted by molar-refractivity contribution is -0.119. The van der Waals surface area contributed by atoms with Crippen molar-refractivity contribution in [1.82, 2.24) is 5.32 Å². The van der Waals surface area contributed by atoms with E-state index in [0.29, 0.717) is 34.7 Å². The van der Waals surface area contributed by atoms with E-state index in [1.165, 1.54) is 0 Å². The molecule has 1 atom stereocenters. The maximum atomic E-state index is 12.7. The van der Waals surface area contributed by atoms with Crippen molar-refractivity contribution in [2.75, 3.05) is 16.8 Å². The molecule has 1 saturated heterocycles. The lowest BCUT2D eigenvalue weighted by Crippen LogP contribution is -2.31. The van der Waals surface area contributed by atoms with Crippen molar-refractivity contribution in [2.24, 2.45) is 5.92 Å². The van der Waals surface area contributed by atoms with E-state index in [1.807, 2.05) is 26.8 Å². The third-order valence-electron chi connectivity index (χ3n) is 4.73. The first kappa shape index (κ1) is 22.6. The molecule has 1 aliphatic rings. The number of benzene rings is 2. The van der Waals surface area contributed by atoms with Crippen LogP contribution in [0.3, 0.4) is 0 Å². The average Bonchev–Trinajstić information content (AvgIpc) is 2.99. The van der Waals surface area contributed by atoms with Gasteiger partial charge in [-0.3, -0.25) is 9.59 Å². The molecule has 0 spiro atoms. The Morgan fingerprint density at radius 2 is 2.00 bits per heavy atom. The van der Waals surface area contributed by atoms with E-state index >= 15 is 0 Å². The molecule has 31 heavy (non-hydrogen) atoms. The minimum Gasteiger partial charge on any atom is -0.492 e. The molecule has 1 fully saturated rings. The van der Waals surface area contributed by atoms with Gasteiger partial charge in [0.1, 0.15) is 11.8 Å². The fourth-order valence-electron chi connectivity index (χ4n) is 3.19. The van der Waals surface area contributed by atoms with Gasteiger partial charge in [0.05, 0.1) is 17.3 Å². The summed E-state index contributed by atoms with van der Waals surface area (Å²) in [5.74, 6) is 0.293. The fourth-order valence-corrected chi connectivity index (χ4v) is 3.42. The van der Waals surface area contributed by atoms with Crippen LogP contribution in [0.5, 0.6) is 5.75 Å². The number of hydrogen-bond acceptors (Lipinski definition) is 4. The number of imide groups is 1. The molecule has 2 aromatic carbocycles. The lowest BCUT2D eigenvalue weighted by atomic mass is 10.1. The van der Waals surface area contributed by atoms with E-state index in [-0.39, 0.29) is 24.7 Å². The largest absolute Gasteiger partial charge is 0.492 e. The van der Waals surface area contributed by atoms with Gasteiger partial charge in [0.25, 0.3) is 5.91 Å². The number of halogens is 1. The predicted octanol–water partition coefficient (Wildman–Crippen LogP) is 4.53. The van der Waals surface area contributed by atoms with Crippen molar-refractivity contribution in [3.05, 3.63) is 53.1 Å². The molecule has 8 heteroatoms. The van der Waals surface area contributed by atoms with Crippen LogP contribution in [0.2, 0.25) is 5.02 Å². The van der Waals surface area contributed by atoms with E-state index in [9.17, 15) is 14.4 Å². The smallest absolute Gasteiger partial charge is 0.329 e. The van der Waals surface area contributed by atoms with Crippen LogP contribution in [0.15, 0.2) is 42.5 Å². The number of anilines is 2. The number of carbonyl (C=O) groups excluding carboxylic acids is 3. The summed E-state index contributed by atoms with van der Waals surface area (Å²) in [7, 11) is 0. The first-order valence-electron chi connectivity index (χ1n) is 10.2. The number of rotatable bonds is 8. The number of nitrogens with zero attached hydrogens (tertiary/aromatic N) is 1. The maximum Gasteiger partial charge on any atom is 0.329 e. The molecule has 0 unspecified atom stereocenters. The van der Waals surface area contributed by atoms with Crippen LogP contribution in [-0.4, -0.2) is 30.5 Å². The number of urea groups is 1. The highest BCUT2D eigenvalue weighted by Gasteiger charge is 2.38. The number of nitrogens with one attached hydrogen (secondary N) is 2.